The summed E-state index contributed by atoms with van der Waals surface area (Å²) in [4.78, 5) is 37.6. The van der Waals surface area contributed by atoms with E-state index in [0.717, 1.165) is 33.1 Å². The van der Waals surface area contributed by atoms with Gasteiger partial charge in [0.1, 0.15) is 11.6 Å². The van der Waals surface area contributed by atoms with Gasteiger partial charge in [-0.25, -0.2) is 9.97 Å². The SMILES string of the molecule is CC1=CC(=O)N(Nc2cc(-c3ccc(C)c(SOON)c3)nc(C)n2)C1=O. The molecule has 1 aliphatic rings. The fourth-order valence-corrected chi connectivity index (χ4v) is 2.97. The van der Waals surface area contributed by atoms with Crippen molar-refractivity contribution in [2.45, 2.75) is 25.7 Å². The first kappa shape index (κ1) is 19.0. The molecular formula is C17H17N5O4S. The molecule has 3 rings (SSSR count). The van der Waals surface area contributed by atoms with Crippen molar-refractivity contribution in [3.8, 4) is 11.3 Å². The van der Waals surface area contributed by atoms with Crippen LogP contribution in [0.5, 0.6) is 0 Å². The summed E-state index contributed by atoms with van der Waals surface area (Å²) in [5.74, 6) is 4.85. The molecule has 0 saturated heterocycles. The fraction of sp³-hybridized carbons (Fsp3) is 0.176. The Bertz CT molecular complexity index is 947. The van der Waals surface area contributed by atoms with E-state index in [-0.39, 0.29) is 0 Å². The topological polar surface area (TPSA) is 120 Å². The second-order valence-electron chi connectivity index (χ2n) is 5.83. The molecule has 1 aromatic heterocycles. The molecule has 3 N–H and O–H groups in total. The number of imide groups is 1. The molecule has 1 aliphatic heterocycles. The molecule has 2 amide bonds. The average Bonchev–Trinajstić information content (AvgIpc) is 2.87. The maximum atomic E-state index is 12.0. The van der Waals surface area contributed by atoms with Gasteiger partial charge in [-0.05, 0) is 32.4 Å². The number of aryl methyl sites for hydroxylation is 2. The van der Waals surface area contributed by atoms with Gasteiger partial charge in [0.2, 0.25) is 0 Å². The van der Waals surface area contributed by atoms with E-state index in [4.69, 9.17) is 10.2 Å². The second kappa shape index (κ2) is 7.84. The van der Waals surface area contributed by atoms with Gasteiger partial charge < -0.3 is 0 Å². The Labute approximate surface area is 159 Å². The molecule has 0 radical (unpaired) electrons. The van der Waals surface area contributed by atoms with Crippen LogP contribution in [0.3, 0.4) is 0 Å². The van der Waals surface area contributed by atoms with Crippen molar-refractivity contribution in [3.05, 3.63) is 47.3 Å². The number of nitrogens with zero attached hydrogens (tertiary/aromatic N) is 3. The monoisotopic (exact) mass is 387 g/mol. The van der Waals surface area contributed by atoms with E-state index in [1.54, 1.807) is 19.9 Å². The zero-order chi connectivity index (χ0) is 19.6. The van der Waals surface area contributed by atoms with Crippen LogP contribution in [0.2, 0.25) is 0 Å². The first-order valence-corrected chi connectivity index (χ1v) is 8.63. The van der Waals surface area contributed by atoms with E-state index in [2.05, 4.69) is 20.4 Å². The van der Waals surface area contributed by atoms with Gasteiger partial charge in [-0.15, -0.1) is 9.32 Å². The van der Waals surface area contributed by atoms with Crippen molar-refractivity contribution in [2.24, 2.45) is 5.90 Å². The van der Waals surface area contributed by atoms with E-state index >= 15 is 0 Å². The molecule has 9 nitrogen and oxygen atoms in total. The zero-order valence-electron chi connectivity index (χ0n) is 14.8. The van der Waals surface area contributed by atoms with Gasteiger partial charge in [0.15, 0.2) is 0 Å². The smallest absolute Gasteiger partial charge is 0.271 e. The second-order valence-corrected chi connectivity index (χ2v) is 6.57. The number of aromatic nitrogens is 2. The van der Waals surface area contributed by atoms with Crippen molar-refractivity contribution in [3.63, 3.8) is 0 Å². The molecule has 0 spiro atoms. The number of nitrogens with two attached hydrogens (primary N) is 1. The van der Waals surface area contributed by atoms with Crippen LogP contribution in [0.1, 0.15) is 18.3 Å². The van der Waals surface area contributed by atoms with Crippen molar-refractivity contribution in [1.82, 2.24) is 15.0 Å². The Morgan fingerprint density at radius 2 is 1.93 bits per heavy atom. The van der Waals surface area contributed by atoms with Crippen LogP contribution in [-0.2, 0) is 18.9 Å². The minimum absolute atomic E-state index is 0.332. The average molecular weight is 387 g/mol. The van der Waals surface area contributed by atoms with Crippen molar-refractivity contribution < 1.29 is 18.9 Å². The largest absolute Gasteiger partial charge is 0.275 e. The maximum absolute atomic E-state index is 12.0. The highest BCUT2D eigenvalue weighted by atomic mass is 32.2. The van der Waals surface area contributed by atoms with Gasteiger partial charge in [-0.1, -0.05) is 12.1 Å². The molecule has 1 aromatic carbocycles. The Morgan fingerprint density at radius 3 is 2.59 bits per heavy atom. The Balaban J connectivity index is 1.90. The van der Waals surface area contributed by atoms with Crippen LogP contribution in [0.25, 0.3) is 11.3 Å². The Kier molecular flexibility index (Phi) is 5.51. The normalized spacial score (nSPS) is 13.9. The number of hydrogen-bond acceptors (Lipinski definition) is 9. The van der Waals surface area contributed by atoms with E-state index in [1.165, 1.54) is 6.08 Å². The van der Waals surface area contributed by atoms with Crippen LogP contribution in [0.15, 0.2) is 40.8 Å². The number of carbonyl (C=O) groups excluding carboxylic acids is 2. The molecule has 0 unspecified atom stereocenters. The lowest BCUT2D eigenvalue weighted by Gasteiger charge is -2.17. The lowest BCUT2D eigenvalue weighted by atomic mass is 10.1. The van der Waals surface area contributed by atoms with Crippen molar-refractivity contribution in [1.29, 1.82) is 0 Å². The summed E-state index contributed by atoms with van der Waals surface area (Å²) in [5, 5.41) is 0.920. The fourth-order valence-electron chi connectivity index (χ4n) is 2.49. The molecule has 2 heterocycles. The number of nitrogens with one attached hydrogen (secondary N) is 1. The van der Waals surface area contributed by atoms with E-state index in [0.29, 0.717) is 22.9 Å². The minimum atomic E-state index is -0.441. The van der Waals surface area contributed by atoms with Crippen LogP contribution in [0.4, 0.5) is 5.82 Å². The number of benzene rings is 1. The van der Waals surface area contributed by atoms with E-state index in [9.17, 15) is 9.59 Å². The van der Waals surface area contributed by atoms with Gasteiger partial charge >= 0.3 is 0 Å². The van der Waals surface area contributed by atoms with E-state index in [1.807, 2.05) is 25.1 Å². The van der Waals surface area contributed by atoms with Crippen molar-refractivity contribution >= 4 is 29.7 Å². The number of hydrazine groups is 1. The summed E-state index contributed by atoms with van der Waals surface area (Å²) in [6.07, 6.45) is 1.27. The predicted molar refractivity (Wildman–Crippen MR) is 98.4 cm³/mol. The van der Waals surface area contributed by atoms with Gasteiger partial charge in [0.05, 0.1) is 17.7 Å². The van der Waals surface area contributed by atoms with Gasteiger partial charge in [-0.3, -0.25) is 15.0 Å². The summed E-state index contributed by atoms with van der Waals surface area (Å²) in [5.41, 5.74) is 5.49. The molecule has 140 valence electrons. The highest BCUT2D eigenvalue weighted by Gasteiger charge is 2.29. The quantitative estimate of drug-likeness (QED) is 0.333. The van der Waals surface area contributed by atoms with Gasteiger partial charge in [0.25, 0.3) is 11.8 Å². The molecule has 0 fully saturated rings. The number of amides is 2. The number of carbonyl (C=O) groups is 2. The summed E-state index contributed by atoms with van der Waals surface area (Å²) in [6.45, 7) is 5.22. The third-order valence-corrected chi connectivity index (χ3v) is 4.58. The lowest BCUT2D eigenvalue weighted by molar-refractivity contribution is -0.195. The molecule has 10 heteroatoms. The third kappa shape index (κ3) is 4.14. The predicted octanol–water partition coefficient (Wildman–Crippen LogP) is 2.23. The molecule has 2 aromatic rings. The molecule has 27 heavy (non-hydrogen) atoms. The molecule has 0 aliphatic carbocycles. The van der Waals surface area contributed by atoms with Crippen LogP contribution < -0.4 is 11.3 Å². The maximum Gasteiger partial charge on any atom is 0.275 e. The third-order valence-electron chi connectivity index (χ3n) is 3.81. The molecule has 0 bridgehead atoms. The Morgan fingerprint density at radius 1 is 1.15 bits per heavy atom. The number of anilines is 1. The number of hydrogen-bond donors (Lipinski definition) is 2. The number of rotatable bonds is 6. The van der Waals surface area contributed by atoms with Crippen LogP contribution >= 0.6 is 12.0 Å². The van der Waals surface area contributed by atoms with Crippen LogP contribution in [-0.4, -0.2) is 26.8 Å². The van der Waals surface area contributed by atoms with E-state index < -0.39 is 11.8 Å². The summed E-state index contributed by atoms with van der Waals surface area (Å²) in [6, 6.07) is 7.32. The van der Waals surface area contributed by atoms with Crippen LogP contribution in [0, 0.1) is 13.8 Å². The first-order chi connectivity index (χ1) is 12.9. The van der Waals surface area contributed by atoms with Gasteiger partial charge in [-0.2, -0.15) is 10.9 Å². The molecule has 0 atom stereocenters. The standard InChI is InChI=1S/C17H17N5O4S/c1-9-4-5-12(7-14(9)27-26-25-18)13-8-15(20-11(3)19-13)21-22-16(23)6-10(2)17(22)24/h4-8H,18H2,1-3H3,(H,19,20,21). The summed E-state index contributed by atoms with van der Waals surface area (Å²) < 4.78 is 4.72. The highest BCUT2D eigenvalue weighted by Crippen LogP contribution is 2.29. The minimum Gasteiger partial charge on any atom is -0.271 e. The van der Waals surface area contributed by atoms with Gasteiger partial charge in [0, 0.05) is 28.2 Å². The molecular weight excluding hydrogens is 370 g/mol. The Hall–Kier alpha value is -2.79. The van der Waals surface area contributed by atoms with Crippen molar-refractivity contribution in [2.75, 3.05) is 5.43 Å². The summed E-state index contributed by atoms with van der Waals surface area (Å²) in [7, 11) is 0. The molecule has 0 saturated carbocycles. The zero-order valence-corrected chi connectivity index (χ0v) is 15.7. The first-order valence-electron chi connectivity index (χ1n) is 7.89. The lowest BCUT2D eigenvalue weighted by Crippen LogP contribution is -2.36. The highest BCUT2D eigenvalue weighted by molar-refractivity contribution is 7.94. The summed E-state index contributed by atoms with van der Waals surface area (Å²) >= 11 is 0.981.